The number of rotatable bonds is 6. The van der Waals surface area contributed by atoms with Gasteiger partial charge in [0.05, 0.1) is 6.61 Å². The maximum atomic E-state index is 12.1. The molecule has 0 spiro atoms. The number of amides is 1. The minimum absolute atomic E-state index is 0.00680. The smallest absolute Gasteiger partial charge is 0.239 e. The molecular formula is C17H19NO3S. The Balaban J connectivity index is 1.92. The van der Waals surface area contributed by atoms with Crippen molar-refractivity contribution in [1.29, 1.82) is 0 Å². The molecule has 22 heavy (non-hydrogen) atoms. The van der Waals surface area contributed by atoms with Crippen LogP contribution in [-0.4, -0.2) is 28.0 Å². The fourth-order valence-electron chi connectivity index (χ4n) is 2.01. The van der Waals surface area contributed by atoms with E-state index in [4.69, 9.17) is 5.11 Å². The number of carbonyl (C=O) groups is 1. The summed E-state index contributed by atoms with van der Waals surface area (Å²) in [6.45, 7) is -0.0102. The lowest BCUT2D eigenvalue weighted by Crippen LogP contribution is -2.30. The maximum absolute atomic E-state index is 12.1. The molecule has 2 aromatic rings. The summed E-state index contributed by atoms with van der Waals surface area (Å²) >= 11 is 0. The van der Waals surface area contributed by atoms with Gasteiger partial charge in [0, 0.05) is 29.3 Å². The van der Waals surface area contributed by atoms with Crippen molar-refractivity contribution < 1.29 is 14.1 Å². The predicted molar refractivity (Wildman–Crippen MR) is 88.9 cm³/mol. The van der Waals surface area contributed by atoms with E-state index in [0.717, 1.165) is 16.8 Å². The number of para-hydroxylation sites is 1. The third-order valence-electron chi connectivity index (χ3n) is 3.34. The molecular weight excluding hydrogens is 298 g/mol. The van der Waals surface area contributed by atoms with Crippen LogP contribution in [0.2, 0.25) is 0 Å². The normalized spacial score (nSPS) is 11.9. The number of aliphatic hydroxyl groups excluding tert-OH is 1. The lowest BCUT2D eigenvalue weighted by atomic mass is 10.2. The summed E-state index contributed by atoms with van der Waals surface area (Å²) in [5, 5.41) is 8.99. The van der Waals surface area contributed by atoms with Gasteiger partial charge in [0.15, 0.2) is 0 Å². The van der Waals surface area contributed by atoms with E-state index in [-0.39, 0.29) is 18.3 Å². The molecule has 4 nitrogen and oxygen atoms in total. The predicted octanol–water partition coefficient (Wildman–Crippen LogP) is 2.09. The molecule has 2 aromatic carbocycles. The molecule has 2 rings (SSSR count). The summed E-state index contributed by atoms with van der Waals surface area (Å²) in [7, 11) is 0.428. The van der Waals surface area contributed by atoms with Crippen LogP contribution in [-0.2, 0) is 28.0 Å². The van der Waals surface area contributed by atoms with Crippen molar-refractivity contribution in [1.82, 2.24) is 0 Å². The van der Waals surface area contributed by atoms with Crippen LogP contribution in [0.3, 0.4) is 0 Å². The Kier molecular flexibility index (Phi) is 5.86. The Labute approximate surface area is 132 Å². The summed E-state index contributed by atoms with van der Waals surface area (Å²) in [5.41, 5.74) is 2.50. The van der Waals surface area contributed by atoms with Crippen molar-refractivity contribution in [3.63, 3.8) is 0 Å². The molecule has 0 saturated heterocycles. The summed E-state index contributed by atoms with van der Waals surface area (Å²) in [6.07, 6.45) is 0. The summed E-state index contributed by atoms with van der Waals surface area (Å²) in [4.78, 5) is 13.7. The van der Waals surface area contributed by atoms with Crippen molar-refractivity contribution in [3.8, 4) is 0 Å². The highest BCUT2D eigenvalue weighted by atomic mass is 32.2. The molecule has 0 aliphatic rings. The monoisotopic (exact) mass is 317 g/mol. The van der Waals surface area contributed by atoms with Crippen molar-refractivity contribution >= 4 is 22.4 Å². The molecule has 0 fully saturated rings. The van der Waals surface area contributed by atoms with E-state index in [9.17, 15) is 9.00 Å². The first-order valence-corrected chi connectivity index (χ1v) is 8.44. The molecule has 0 aliphatic heterocycles. The number of hydrogen-bond acceptors (Lipinski definition) is 3. The second kappa shape index (κ2) is 7.87. The number of aliphatic hydroxyl groups is 1. The fraction of sp³-hybridized carbons (Fsp3) is 0.235. The zero-order valence-electron chi connectivity index (χ0n) is 12.4. The SMILES string of the molecule is CN(C(=O)CS(=O)Cc1ccc(CO)cc1)c1ccccc1. The first-order chi connectivity index (χ1) is 10.6. The van der Waals surface area contributed by atoms with Crippen molar-refractivity contribution in [2.45, 2.75) is 12.4 Å². The number of nitrogens with zero attached hydrogens (tertiary/aromatic N) is 1. The van der Waals surface area contributed by atoms with Crippen LogP contribution in [0.4, 0.5) is 5.69 Å². The maximum Gasteiger partial charge on any atom is 0.239 e. The van der Waals surface area contributed by atoms with Crippen LogP contribution in [0.25, 0.3) is 0 Å². The summed E-state index contributed by atoms with van der Waals surface area (Å²) in [6, 6.07) is 16.5. The molecule has 1 amide bonds. The van der Waals surface area contributed by atoms with Gasteiger partial charge in [-0.3, -0.25) is 9.00 Å². The van der Waals surface area contributed by atoms with E-state index >= 15 is 0 Å². The van der Waals surface area contributed by atoms with E-state index in [2.05, 4.69) is 0 Å². The number of carbonyl (C=O) groups excluding carboxylic acids is 1. The van der Waals surface area contributed by atoms with Crippen LogP contribution in [0.1, 0.15) is 11.1 Å². The average Bonchev–Trinajstić information content (AvgIpc) is 2.55. The molecule has 0 heterocycles. The Bertz CT molecular complexity index is 641. The topological polar surface area (TPSA) is 57.6 Å². The van der Waals surface area contributed by atoms with Crippen LogP contribution in [0.5, 0.6) is 0 Å². The van der Waals surface area contributed by atoms with Crippen LogP contribution >= 0.6 is 0 Å². The van der Waals surface area contributed by atoms with Gasteiger partial charge < -0.3 is 10.0 Å². The van der Waals surface area contributed by atoms with Gasteiger partial charge in [-0.2, -0.15) is 0 Å². The zero-order chi connectivity index (χ0) is 15.9. The van der Waals surface area contributed by atoms with Gasteiger partial charge in [-0.1, -0.05) is 42.5 Å². The molecule has 0 aliphatic carbocycles. The van der Waals surface area contributed by atoms with E-state index in [1.807, 2.05) is 42.5 Å². The molecule has 1 unspecified atom stereocenters. The number of benzene rings is 2. The van der Waals surface area contributed by atoms with Crippen LogP contribution in [0, 0.1) is 0 Å². The second-order valence-corrected chi connectivity index (χ2v) is 6.45. The van der Waals surface area contributed by atoms with Crippen molar-refractivity contribution in [3.05, 3.63) is 65.7 Å². The third kappa shape index (κ3) is 4.51. The highest BCUT2D eigenvalue weighted by molar-refractivity contribution is 7.84. The molecule has 1 N–H and O–H groups in total. The molecule has 0 aromatic heterocycles. The van der Waals surface area contributed by atoms with Gasteiger partial charge in [-0.05, 0) is 23.3 Å². The Morgan fingerprint density at radius 1 is 1.05 bits per heavy atom. The average molecular weight is 317 g/mol. The number of hydrogen-bond donors (Lipinski definition) is 1. The van der Waals surface area contributed by atoms with Crippen LogP contribution < -0.4 is 4.90 Å². The van der Waals surface area contributed by atoms with Gasteiger partial charge in [0.1, 0.15) is 5.75 Å². The first kappa shape index (κ1) is 16.4. The summed E-state index contributed by atoms with van der Waals surface area (Å²) in [5.74, 6) is 0.157. The third-order valence-corrected chi connectivity index (χ3v) is 4.56. The van der Waals surface area contributed by atoms with Crippen molar-refractivity contribution in [2.75, 3.05) is 17.7 Å². The largest absolute Gasteiger partial charge is 0.392 e. The van der Waals surface area contributed by atoms with Gasteiger partial charge in [-0.15, -0.1) is 0 Å². The van der Waals surface area contributed by atoms with Gasteiger partial charge >= 0.3 is 0 Å². The highest BCUT2D eigenvalue weighted by Gasteiger charge is 2.14. The molecule has 0 bridgehead atoms. The van der Waals surface area contributed by atoms with Gasteiger partial charge in [0.2, 0.25) is 5.91 Å². The van der Waals surface area contributed by atoms with E-state index < -0.39 is 10.8 Å². The lowest BCUT2D eigenvalue weighted by Gasteiger charge is -2.17. The van der Waals surface area contributed by atoms with E-state index in [1.54, 1.807) is 19.2 Å². The van der Waals surface area contributed by atoms with Crippen LogP contribution in [0.15, 0.2) is 54.6 Å². The minimum atomic E-state index is -1.26. The molecule has 0 radical (unpaired) electrons. The Morgan fingerprint density at radius 3 is 2.23 bits per heavy atom. The first-order valence-electron chi connectivity index (χ1n) is 6.95. The van der Waals surface area contributed by atoms with E-state index in [1.165, 1.54) is 4.90 Å². The molecule has 5 heteroatoms. The Morgan fingerprint density at radius 2 is 1.64 bits per heavy atom. The highest BCUT2D eigenvalue weighted by Crippen LogP contribution is 2.12. The number of anilines is 1. The van der Waals surface area contributed by atoms with E-state index in [0.29, 0.717) is 5.75 Å². The lowest BCUT2D eigenvalue weighted by molar-refractivity contribution is -0.115. The quantitative estimate of drug-likeness (QED) is 0.887. The zero-order valence-corrected chi connectivity index (χ0v) is 13.3. The van der Waals surface area contributed by atoms with Crippen molar-refractivity contribution in [2.24, 2.45) is 0 Å². The fourth-order valence-corrected chi connectivity index (χ4v) is 3.14. The van der Waals surface area contributed by atoms with Gasteiger partial charge in [-0.25, -0.2) is 0 Å². The second-order valence-electron chi connectivity index (χ2n) is 4.99. The molecule has 1 atom stereocenters. The molecule has 116 valence electrons. The molecule has 0 saturated carbocycles. The standard InChI is InChI=1S/C17H19NO3S/c1-18(16-5-3-2-4-6-16)17(20)13-22(21)12-15-9-7-14(11-19)8-10-15/h2-10,19H,11-13H2,1H3. The van der Waals surface area contributed by atoms with Gasteiger partial charge in [0.25, 0.3) is 0 Å². The minimum Gasteiger partial charge on any atom is -0.392 e. The Hall–Kier alpha value is -1.98. The summed E-state index contributed by atoms with van der Waals surface area (Å²) < 4.78 is 12.1.